The normalized spacial score (nSPS) is 17.8. The Hall–Kier alpha value is -2.66. The van der Waals surface area contributed by atoms with Crippen LogP contribution in [0.15, 0.2) is 54.7 Å². The van der Waals surface area contributed by atoms with Gasteiger partial charge in [0.05, 0.1) is 13.3 Å². The number of hydrogen-bond acceptors (Lipinski definition) is 3. The van der Waals surface area contributed by atoms with E-state index in [9.17, 15) is 4.39 Å². The zero-order chi connectivity index (χ0) is 18.6. The summed E-state index contributed by atoms with van der Waals surface area (Å²) in [6.07, 6.45) is 4.07. The minimum atomic E-state index is -0.218. The quantitative estimate of drug-likeness (QED) is 0.718. The zero-order valence-electron chi connectivity index (χ0n) is 15.5. The standard InChI is InChI=1S/C22H24FN3O/c1-27-20-9-7-16(8-10-20)14-26-11-3-5-18(15-26)22-21(13-24-25-22)17-4-2-6-19(23)12-17/h2,4,6-10,12-13,18H,3,5,11,14-15H2,1H3,(H,24,25)/t18-/m1/s1. The third kappa shape index (κ3) is 4.03. The van der Waals surface area contributed by atoms with Gasteiger partial charge < -0.3 is 4.74 Å². The van der Waals surface area contributed by atoms with Crippen LogP contribution in [0, 0.1) is 5.82 Å². The van der Waals surface area contributed by atoms with Gasteiger partial charge in [-0.05, 0) is 54.8 Å². The van der Waals surface area contributed by atoms with Gasteiger partial charge >= 0.3 is 0 Å². The Morgan fingerprint density at radius 2 is 2.07 bits per heavy atom. The molecule has 1 saturated heterocycles. The summed E-state index contributed by atoms with van der Waals surface area (Å²) in [6.45, 7) is 2.98. The van der Waals surface area contributed by atoms with Gasteiger partial charge in [0.2, 0.25) is 0 Å². The van der Waals surface area contributed by atoms with Gasteiger partial charge in [-0.2, -0.15) is 5.10 Å². The SMILES string of the molecule is COc1ccc(CN2CCC[C@@H](c3[nH]ncc3-c3cccc(F)c3)C2)cc1. The van der Waals surface area contributed by atoms with E-state index in [1.807, 2.05) is 24.4 Å². The van der Waals surface area contributed by atoms with Crippen molar-refractivity contribution in [1.82, 2.24) is 15.1 Å². The van der Waals surface area contributed by atoms with E-state index in [1.165, 1.54) is 11.6 Å². The van der Waals surface area contributed by atoms with Crippen LogP contribution in [0.4, 0.5) is 4.39 Å². The summed E-state index contributed by atoms with van der Waals surface area (Å²) in [4.78, 5) is 2.48. The second-order valence-electron chi connectivity index (χ2n) is 7.13. The molecule has 0 saturated carbocycles. The molecule has 140 valence electrons. The van der Waals surface area contributed by atoms with Gasteiger partial charge in [0.1, 0.15) is 11.6 Å². The predicted molar refractivity (Wildman–Crippen MR) is 104 cm³/mol. The number of likely N-dealkylation sites (tertiary alicyclic amines) is 1. The highest BCUT2D eigenvalue weighted by Crippen LogP contribution is 2.33. The molecule has 1 N–H and O–H groups in total. The van der Waals surface area contributed by atoms with E-state index in [0.717, 1.165) is 55.0 Å². The summed E-state index contributed by atoms with van der Waals surface area (Å²) in [7, 11) is 1.69. The number of rotatable bonds is 5. The number of piperidine rings is 1. The fraction of sp³-hybridized carbons (Fsp3) is 0.318. The molecule has 0 bridgehead atoms. The predicted octanol–water partition coefficient (Wildman–Crippen LogP) is 4.60. The Labute approximate surface area is 159 Å². The van der Waals surface area contributed by atoms with Crippen LogP contribution in [0.25, 0.3) is 11.1 Å². The molecular weight excluding hydrogens is 341 g/mol. The fourth-order valence-electron chi connectivity index (χ4n) is 3.92. The van der Waals surface area contributed by atoms with Gasteiger partial charge in [-0.15, -0.1) is 0 Å². The summed E-state index contributed by atoms with van der Waals surface area (Å²) in [5, 5.41) is 7.43. The molecule has 1 aliphatic heterocycles. The molecule has 0 unspecified atom stereocenters. The Morgan fingerprint density at radius 1 is 1.22 bits per heavy atom. The van der Waals surface area contributed by atoms with E-state index in [0.29, 0.717) is 5.92 Å². The van der Waals surface area contributed by atoms with Gasteiger partial charge in [0.25, 0.3) is 0 Å². The Balaban J connectivity index is 1.49. The van der Waals surface area contributed by atoms with Gasteiger partial charge in [-0.3, -0.25) is 10.00 Å². The molecule has 0 spiro atoms. The number of nitrogens with one attached hydrogen (secondary N) is 1. The topological polar surface area (TPSA) is 41.1 Å². The molecule has 1 atom stereocenters. The molecule has 0 amide bonds. The smallest absolute Gasteiger partial charge is 0.123 e. The van der Waals surface area contributed by atoms with E-state index in [-0.39, 0.29) is 5.82 Å². The monoisotopic (exact) mass is 365 g/mol. The van der Waals surface area contributed by atoms with E-state index < -0.39 is 0 Å². The second-order valence-corrected chi connectivity index (χ2v) is 7.13. The van der Waals surface area contributed by atoms with Gasteiger partial charge in [0, 0.05) is 30.3 Å². The molecule has 4 nitrogen and oxygen atoms in total. The average Bonchev–Trinajstić information content (AvgIpc) is 3.19. The van der Waals surface area contributed by atoms with E-state index >= 15 is 0 Å². The van der Waals surface area contributed by atoms with E-state index in [4.69, 9.17) is 4.74 Å². The highest BCUT2D eigenvalue weighted by atomic mass is 19.1. The zero-order valence-corrected chi connectivity index (χ0v) is 15.5. The van der Waals surface area contributed by atoms with Crippen molar-refractivity contribution in [2.24, 2.45) is 0 Å². The molecule has 4 rings (SSSR count). The van der Waals surface area contributed by atoms with Crippen LogP contribution in [0.3, 0.4) is 0 Å². The first kappa shape index (κ1) is 17.7. The number of aromatic nitrogens is 2. The van der Waals surface area contributed by atoms with Crippen LogP contribution in [-0.2, 0) is 6.54 Å². The largest absolute Gasteiger partial charge is 0.497 e. The number of benzene rings is 2. The van der Waals surface area contributed by atoms with Crippen molar-refractivity contribution in [2.45, 2.75) is 25.3 Å². The maximum absolute atomic E-state index is 13.6. The lowest BCUT2D eigenvalue weighted by Gasteiger charge is -2.32. The van der Waals surface area contributed by atoms with Crippen molar-refractivity contribution in [3.05, 3.63) is 71.8 Å². The van der Waals surface area contributed by atoms with Gasteiger partial charge in [-0.25, -0.2) is 4.39 Å². The molecule has 1 aliphatic rings. The number of nitrogens with zero attached hydrogens (tertiary/aromatic N) is 2. The van der Waals surface area contributed by atoms with Crippen molar-refractivity contribution >= 4 is 0 Å². The first-order valence-electron chi connectivity index (χ1n) is 9.37. The van der Waals surface area contributed by atoms with E-state index in [2.05, 4.69) is 27.2 Å². The Bertz CT molecular complexity index is 891. The fourth-order valence-corrected chi connectivity index (χ4v) is 3.92. The minimum absolute atomic E-state index is 0.218. The summed E-state index contributed by atoms with van der Waals surface area (Å²) >= 11 is 0. The van der Waals surface area contributed by atoms with Gasteiger partial charge in [-0.1, -0.05) is 24.3 Å². The molecule has 1 aromatic heterocycles. The highest BCUT2D eigenvalue weighted by molar-refractivity contribution is 5.65. The van der Waals surface area contributed by atoms with Crippen molar-refractivity contribution in [2.75, 3.05) is 20.2 Å². The molecule has 27 heavy (non-hydrogen) atoms. The van der Waals surface area contributed by atoms with Crippen molar-refractivity contribution in [3.8, 4) is 16.9 Å². The lowest BCUT2D eigenvalue weighted by Crippen LogP contribution is -2.34. The Morgan fingerprint density at radius 3 is 2.85 bits per heavy atom. The van der Waals surface area contributed by atoms with Crippen LogP contribution in [-0.4, -0.2) is 35.3 Å². The first-order valence-corrected chi connectivity index (χ1v) is 9.37. The van der Waals surface area contributed by atoms with Crippen LogP contribution < -0.4 is 4.74 Å². The third-order valence-corrected chi connectivity index (χ3v) is 5.28. The first-order chi connectivity index (χ1) is 13.2. The molecule has 0 aliphatic carbocycles. The number of halogens is 1. The van der Waals surface area contributed by atoms with Gasteiger partial charge in [0.15, 0.2) is 0 Å². The molecule has 3 aromatic rings. The summed E-state index contributed by atoms with van der Waals surface area (Å²) in [6, 6.07) is 15.0. The summed E-state index contributed by atoms with van der Waals surface area (Å²) in [5.74, 6) is 1.04. The van der Waals surface area contributed by atoms with Crippen LogP contribution >= 0.6 is 0 Å². The molecule has 2 heterocycles. The molecule has 1 fully saturated rings. The van der Waals surface area contributed by atoms with E-state index in [1.54, 1.807) is 19.2 Å². The van der Waals surface area contributed by atoms with Crippen LogP contribution in [0.2, 0.25) is 0 Å². The summed E-state index contributed by atoms with van der Waals surface area (Å²) in [5.41, 5.74) is 4.28. The molecule has 0 radical (unpaired) electrons. The number of aromatic amines is 1. The maximum atomic E-state index is 13.6. The van der Waals surface area contributed by atoms with Crippen molar-refractivity contribution in [3.63, 3.8) is 0 Å². The number of ether oxygens (including phenoxy) is 1. The molecular formula is C22H24FN3O. The average molecular weight is 365 g/mol. The number of hydrogen-bond donors (Lipinski definition) is 1. The molecule has 2 aromatic carbocycles. The van der Waals surface area contributed by atoms with Crippen LogP contribution in [0.1, 0.15) is 30.0 Å². The number of H-pyrrole nitrogens is 1. The third-order valence-electron chi connectivity index (χ3n) is 5.28. The lowest BCUT2D eigenvalue weighted by atomic mass is 9.90. The molecule has 5 heteroatoms. The Kier molecular flexibility index (Phi) is 5.21. The van der Waals surface area contributed by atoms with Crippen LogP contribution in [0.5, 0.6) is 5.75 Å². The lowest BCUT2D eigenvalue weighted by molar-refractivity contribution is 0.198. The van der Waals surface area contributed by atoms with Crippen molar-refractivity contribution in [1.29, 1.82) is 0 Å². The number of methoxy groups -OCH3 is 1. The minimum Gasteiger partial charge on any atom is -0.497 e. The highest BCUT2D eigenvalue weighted by Gasteiger charge is 2.25. The second kappa shape index (κ2) is 7.92. The van der Waals surface area contributed by atoms with Crippen molar-refractivity contribution < 1.29 is 9.13 Å². The maximum Gasteiger partial charge on any atom is 0.123 e. The summed E-state index contributed by atoms with van der Waals surface area (Å²) < 4.78 is 18.9.